The highest BCUT2D eigenvalue weighted by atomic mass is 16.1. The normalized spacial score (nSPS) is 23.8. The van der Waals surface area contributed by atoms with Crippen molar-refractivity contribution in [1.82, 2.24) is 10.2 Å². The average molecular weight is 184 g/mol. The van der Waals surface area contributed by atoms with Gasteiger partial charge in [0.25, 0.3) is 0 Å². The van der Waals surface area contributed by atoms with Gasteiger partial charge in [-0.3, -0.25) is 4.79 Å². The Morgan fingerprint density at radius 1 is 1.62 bits per heavy atom. The Hall–Kier alpha value is -0.570. The largest absolute Gasteiger partial charge is 0.352 e. The Labute approximate surface area is 80.5 Å². The predicted molar refractivity (Wildman–Crippen MR) is 53.5 cm³/mol. The fourth-order valence-electron chi connectivity index (χ4n) is 1.71. The van der Waals surface area contributed by atoms with E-state index in [2.05, 4.69) is 31.1 Å². The minimum atomic E-state index is 0.204. The third-order valence-electron chi connectivity index (χ3n) is 2.35. The molecule has 1 N–H and O–H groups in total. The molecule has 1 atom stereocenters. The Kier molecular flexibility index (Phi) is 3.72. The molecule has 0 spiro atoms. The van der Waals surface area contributed by atoms with Gasteiger partial charge in [0.15, 0.2) is 0 Å². The van der Waals surface area contributed by atoms with Crippen molar-refractivity contribution < 1.29 is 4.79 Å². The molecule has 0 aromatic rings. The molecule has 3 nitrogen and oxygen atoms in total. The van der Waals surface area contributed by atoms with E-state index in [0.717, 1.165) is 19.5 Å². The molecular formula is C10H20N2O. The second kappa shape index (κ2) is 4.61. The first-order chi connectivity index (χ1) is 6.08. The lowest BCUT2D eigenvalue weighted by Crippen LogP contribution is -2.36. The highest BCUT2D eigenvalue weighted by Gasteiger charge is 2.20. The van der Waals surface area contributed by atoms with Gasteiger partial charge in [0.2, 0.25) is 5.91 Å². The van der Waals surface area contributed by atoms with Crippen LogP contribution in [-0.4, -0.2) is 37.0 Å². The van der Waals surface area contributed by atoms with Crippen LogP contribution in [0.25, 0.3) is 0 Å². The lowest BCUT2D eigenvalue weighted by atomic mass is 10.1. The summed E-state index contributed by atoms with van der Waals surface area (Å²) in [4.78, 5) is 13.6. The summed E-state index contributed by atoms with van der Waals surface area (Å²) in [6, 6.07) is 0.385. The highest BCUT2D eigenvalue weighted by molar-refractivity contribution is 5.76. The van der Waals surface area contributed by atoms with Crippen molar-refractivity contribution in [2.24, 2.45) is 5.92 Å². The van der Waals surface area contributed by atoms with Crippen molar-refractivity contribution >= 4 is 5.91 Å². The maximum atomic E-state index is 11.4. The summed E-state index contributed by atoms with van der Waals surface area (Å²) >= 11 is 0. The molecule has 0 saturated carbocycles. The maximum Gasteiger partial charge on any atom is 0.220 e. The topological polar surface area (TPSA) is 32.3 Å². The molecule has 76 valence electrons. The zero-order valence-corrected chi connectivity index (χ0v) is 8.84. The van der Waals surface area contributed by atoms with E-state index in [4.69, 9.17) is 0 Å². The first-order valence-corrected chi connectivity index (χ1v) is 5.06. The first kappa shape index (κ1) is 10.5. The molecule has 3 heteroatoms. The number of carbonyl (C=O) groups excluding carboxylic acids is 1. The van der Waals surface area contributed by atoms with Crippen molar-refractivity contribution in [2.75, 3.05) is 20.1 Å². The van der Waals surface area contributed by atoms with Crippen LogP contribution in [0.1, 0.15) is 26.7 Å². The van der Waals surface area contributed by atoms with Crippen molar-refractivity contribution in [2.45, 2.75) is 32.7 Å². The zero-order chi connectivity index (χ0) is 9.84. The van der Waals surface area contributed by atoms with Gasteiger partial charge in [-0.05, 0) is 25.9 Å². The maximum absolute atomic E-state index is 11.4. The van der Waals surface area contributed by atoms with E-state index in [0.29, 0.717) is 18.4 Å². The number of nitrogens with one attached hydrogen (secondary N) is 1. The minimum Gasteiger partial charge on any atom is -0.352 e. The fourth-order valence-corrected chi connectivity index (χ4v) is 1.71. The summed E-state index contributed by atoms with van der Waals surface area (Å²) in [5.41, 5.74) is 0. The Bertz CT molecular complexity index is 180. The summed E-state index contributed by atoms with van der Waals surface area (Å²) in [5.74, 6) is 0.662. The van der Waals surface area contributed by atoms with Crippen LogP contribution >= 0.6 is 0 Å². The molecule has 1 aliphatic rings. The van der Waals surface area contributed by atoms with E-state index in [9.17, 15) is 4.79 Å². The number of hydrogen-bond donors (Lipinski definition) is 1. The number of rotatable bonds is 3. The smallest absolute Gasteiger partial charge is 0.220 e. The van der Waals surface area contributed by atoms with Crippen molar-refractivity contribution in [1.29, 1.82) is 0 Å². The van der Waals surface area contributed by atoms with Gasteiger partial charge in [0, 0.05) is 19.0 Å². The minimum absolute atomic E-state index is 0.204. The molecule has 0 aromatic heterocycles. The van der Waals surface area contributed by atoms with E-state index in [1.54, 1.807) is 0 Å². The number of likely N-dealkylation sites (tertiary alicyclic amines) is 1. The number of nitrogens with zero attached hydrogens (tertiary/aromatic N) is 1. The van der Waals surface area contributed by atoms with Crippen LogP contribution in [0.5, 0.6) is 0 Å². The molecular weight excluding hydrogens is 164 g/mol. The number of carbonyl (C=O) groups is 1. The van der Waals surface area contributed by atoms with Crippen LogP contribution in [0.15, 0.2) is 0 Å². The summed E-state index contributed by atoms with van der Waals surface area (Å²) in [5, 5.41) is 3.06. The van der Waals surface area contributed by atoms with Gasteiger partial charge in [0.1, 0.15) is 0 Å². The van der Waals surface area contributed by atoms with E-state index in [1.807, 2.05) is 0 Å². The van der Waals surface area contributed by atoms with E-state index >= 15 is 0 Å². The van der Waals surface area contributed by atoms with Crippen LogP contribution < -0.4 is 5.32 Å². The summed E-state index contributed by atoms with van der Waals surface area (Å²) in [6.45, 7) is 6.25. The molecule has 0 aliphatic carbocycles. The SMILES string of the molecule is CC(C)CC(=O)NC1CCN(C)C1. The molecule has 0 aromatic carbocycles. The van der Waals surface area contributed by atoms with Gasteiger partial charge in [-0.25, -0.2) is 0 Å². The molecule has 0 bridgehead atoms. The Balaban J connectivity index is 2.21. The van der Waals surface area contributed by atoms with Gasteiger partial charge in [0.05, 0.1) is 0 Å². The van der Waals surface area contributed by atoms with Crippen molar-refractivity contribution in [3.63, 3.8) is 0 Å². The molecule has 1 fully saturated rings. The summed E-state index contributed by atoms with van der Waals surface area (Å²) in [7, 11) is 2.09. The van der Waals surface area contributed by atoms with Crippen LogP contribution in [0.2, 0.25) is 0 Å². The molecule has 1 rings (SSSR count). The second-order valence-electron chi connectivity index (χ2n) is 4.41. The zero-order valence-electron chi connectivity index (χ0n) is 8.84. The van der Waals surface area contributed by atoms with Gasteiger partial charge >= 0.3 is 0 Å². The van der Waals surface area contributed by atoms with Crippen LogP contribution in [-0.2, 0) is 4.79 Å². The van der Waals surface area contributed by atoms with Gasteiger partial charge in [-0.2, -0.15) is 0 Å². The molecule has 1 heterocycles. The standard InChI is InChI=1S/C10H20N2O/c1-8(2)6-10(13)11-9-4-5-12(3)7-9/h8-9H,4-7H2,1-3H3,(H,11,13). The fraction of sp³-hybridized carbons (Fsp3) is 0.900. The number of amides is 1. The first-order valence-electron chi connectivity index (χ1n) is 5.06. The predicted octanol–water partition coefficient (Wildman–Crippen LogP) is 0.853. The van der Waals surface area contributed by atoms with E-state index in [-0.39, 0.29) is 5.91 Å². The lowest BCUT2D eigenvalue weighted by Gasteiger charge is -2.13. The Morgan fingerprint density at radius 2 is 2.31 bits per heavy atom. The van der Waals surface area contributed by atoms with Gasteiger partial charge in [-0.1, -0.05) is 13.8 Å². The Morgan fingerprint density at radius 3 is 2.77 bits per heavy atom. The average Bonchev–Trinajstić information content (AvgIpc) is 2.33. The third-order valence-corrected chi connectivity index (χ3v) is 2.35. The second-order valence-corrected chi connectivity index (χ2v) is 4.41. The quantitative estimate of drug-likeness (QED) is 0.705. The molecule has 0 radical (unpaired) electrons. The summed E-state index contributed by atoms with van der Waals surface area (Å²) < 4.78 is 0. The van der Waals surface area contributed by atoms with Gasteiger partial charge < -0.3 is 10.2 Å². The third kappa shape index (κ3) is 3.77. The van der Waals surface area contributed by atoms with E-state index in [1.165, 1.54) is 0 Å². The highest BCUT2D eigenvalue weighted by Crippen LogP contribution is 2.07. The lowest BCUT2D eigenvalue weighted by molar-refractivity contribution is -0.122. The van der Waals surface area contributed by atoms with Gasteiger partial charge in [-0.15, -0.1) is 0 Å². The molecule has 1 aliphatic heterocycles. The molecule has 13 heavy (non-hydrogen) atoms. The van der Waals surface area contributed by atoms with Crippen LogP contribution in [0, 0.1) is 5.92 Å². The van der Waals surface area contributed by atoms with Crippen molar-refractivity contribution in [3.05, 3.63) is 0 Å². The van der Waals surface area contributed by atoms with Crippen LogP contribution in [0.4, 0.5) is 0 Å². The van der Waals surface area contributed by atoms with Crippen molar-refractivity contribution in [3.8, 4) is 0 Å². The number of likely N-dealkylation sites (N-methyl/N-ethyl adjacent to an activating group) is 1. The molecule has 1 unspecified atom stereocenters. The van der Waals surface area contributed by atoms with Crippen LogP contribution in [0.3, 0.4) is 0 Å². The summed E-state index contributed by atoms with van der Waals surface area (Å²) in [6.07, 6.45) is 1.75. The molecule has 1 saturated heterocycles. The monoisotopic (exact) mass is 184 g/mol. The number of hydrogen-bond acceptors (Lipinski definition) is 2. The van der Waals surface area contributed by atoms with E-state index < -0.39 is 0 Å². The molecule has 1 amide bonds.